The van der Waals surface area contributed by atoms with Crippen molar-refractivity contribution >= 4 is 41.1 Å². The van der Waals surface area contributed by atoms with Crippen LogP contribution < -0.4 is 0 Å². The highest BCUT2D eigenvalue weighted by Gasteiger charge is 2.27. The number of amides is 2. The quantitative estimate of drug-likeness (QED) is 0.761. The Morgan fingerprint density at radius 3 is 2.52 bits per heavy atom. The van der Waals surface area contributed by atoms with Crippen molar-refractivity contribution in [3.05, 3.63) is 29.3 Å². The predicted molar refractivity (Wildman–Crippen MR) is 96.8 cm³/mol. The summed E-state index contributed by atoms with van der Waals surface area (Å²) in [6.45, 7) is 0.845. The second kappa shape index (κ2) is 9.10. The minimum absolute atomic E-state index is 0.000344. The van der Waals surface area contributed by atoms with E-state index in [0.717, 1.165) is 4.90 Å². The highest BCUT2D eigenvalue weighted by molar-refractivity contribution is 8.00. The Labute approximate surface area is 156 Å². The second-order valence-electron chi connectivity index (χ2n) is 5.96. The highest BCUT2D eigenvalue weighted by Crippen LogP contribution is 2.26. The molecule has 25 heavy (non-hydrogen) atoms. The second-order valence-corrected chi connectivity index (χ2v) is 7.39. The molecule has 8 heteroatoms. The lowest BCUT2D eigenvalue weighted by molar-refractivity contribution is -0.146. The molecule has 1 aliphatic rings. The molecule has 1 heterocycles. The SMILES string of the molecule is CN(CC(=O)N1CCC(C(=O)O)CC1)C(=O)CSc1ccccc1Cl. The fourth-order valence-corrected chi connectivity index (χ4v) is 3.76. The van der Waals surface area contributed by atoms with E-state index in [2.05, 4.69) is 0 Å². The fourth-order valence-electron chi connectivity index (χ4n) is 2.58. The summed E-state index contributed by atoms with van der Waals surface area (Å²) >= 11 is 7.40. The largest absolute Gasteiger partial charge is 0.481 e. The maximum atomic E-state index is 12.3. The number of piperidine rings is 1. The van der Waals surface area contributed by atoms with Crippen molar-refractivity contribution in [1.29, 1.82) is 0 Å². The number of rotatable bonds is 6. The van der Waals surface area contributed by atoms with Gasteiger partial charge in [0.05, 0.1) is 23.2 Å². The molecule has 0 spiro atoms. The lowest BCUT2D eigenvalue weighted by Crippen LogP contribution is -2.45. The van der Waals surface area contributed by atoms with Crippen molar-refractivity contribution in [2.75, 3.05) is 32.4 Å². The van der Waals surface area contributed by atoms with E-state index in [9.17, 15) is 14.4 Å². The first-order valence-electron chi connectivity index (χ1n) is 8.00. The van der Waals surface area contributed by atoms with Crippen LogP contribution in [0.4, 0.5) is 0 Å². The number of carbonyl (C=O) groups is 3. The van der Waals surface area contributed by atoms with Crippen molar-refractivity contribution < 1.29 is 19.5 Å². The molecular formula is C17H21ClN2O4S. The number of benzene rings is 1. The minimum atomic E-state index is -0.809. The standard InChI is InChI=1S/C17H21ClN2O4S/c1-19(16(22)11-25-14-5-3-2-4-13(14)18)10-15(21)20-8-6-12(7-9-20)17(23)24/h2-5,12H,6-11H2,1H3,(H,23,24). The first kappa shape index (κ1) is 19.6. The van der Waals surface area contributed by atoms with Gasteiger partial charge >= 0.3 is 5.97 Å². The Hall–Kier alpha value is -1.73. The van der Waals surface area contributed by atoms with Crippen LogP contribution in [0.25, 0.3) is 0 Å². The Balaban J connectivity index is 1.78. The van der Waals surface area contributed by atoms with E-state index in [-0.39, 0.29) is 30.0 Å². The average Bonchev–Trinajstić information content (AvgIpc) is 2.60. The van der Waals surface area contributed by atoms with Crippen LogP contribution in [0.5, 0.6) is 0 Å². The van der Waals surface area contributed by atoms with Crippen molar-refractivity contribution in [3.8, 4) is 0 Å². The molecule has 0 unspecified atom stereocenters. The molecule has 1 N–H and O–H groups in total. The zero-order chi connectivity index (χ0) is 18.4. The molecule has 0 aromatic heterocycles. The van der Waals surface area contributed by atoms with Gasteiger partial charge in [-0.25, -0.2) is 0 Å². The molecule has 1 aliphatic heterocycles. The number of halogens is 1. The van der Waals surface area contributed by atoms with Crippen LogP contribution in [-0.4, -0.2) is 65.1 Å². The van der Waals surface area contributed by atoms with Gasteiger partial charge in [0.2, 0.25) is 11.8 Å². The molecule has 0 saturated carbocycles. The van der Waals surface area contributed by atoms with Gasteiger partial charge in [0.1, 0.15) is 0 Å². The van der Waals surface area contributed by atoms with Gasteiger partial charge in [0, 0.05) is 25.0 Å². The van der Waals surface area contributed by atoms with Crippen LogP contribution in [0.3, 0.4) is 0 Å². The average molecular weight is 385 g/mol. The molecule has 0 bridgehead atoms. The van der Waals surface area contributed by atoms with Crippen LogP contribution in [0.15, 0.2) is 29.2 Å². The smallest absolute Gasteiger partial charge is 0.306 e. The number of carboxylic acids is 1. The number of nitrogens with zero attached hydrogens (tertiary/aromatic N) is 2. The molecule has 1 aromatic rings. The topological polar surface area (TPSA) is 77.9 Å². The van der Waals surface area contributed by atoms with E-state index in [1.165, 1.54) is 16.7 Å². The summed E-state index contributed by atoms with van der Waals surface area (Å²) in [7, 11) is 1.59. The Morgan fingerprint density at radius 1 is 1.28 bits per heavy atom. The van der Waals surface area contributed by atoms with E-state index in [1.54, 1.807) is 18.0 Å². The minimum Gasteiger partial charge on any atom is -0.481 e. The summed E-state index contributed by atoms with van der Waals surface area (Å²) in [6, 6.07) is 7.29. The maximum Gasteiger partial charge on any atom is 0.306 e. The van der Waals surface area contributed by atoms with Gasteiger partial charge < -0.3 is 14.9 Å². The predicted octanol–water partition coefficient (Wildman–Crippen LogP) is 2.21. The van der Waals surface area contributed by atoms with Gasteiger partial charge in [-0.15, -0.1) is 11.8 Å². The molecule has 1 aromatic carbocycles. The van der Waals surface area contributed by atoms with Crippen LogP contribution in [0.1, 0.15) is 12.8 Å². The summed E-state index contributed by atoms with van der Waals surface area (Å²) < 4.78 is 0. The number of carbonyl (C=O) groups excluding carboxylic acids is 2. The number of likely N-dealkylation sites (N-methyl/N-ethyl adjacent to an activating group) is 1. The van der Waals surface area contributed by atoms with E-state index < -0.39 is 5.97 Å². The van der Waals surface area contributed by atoms with E-state index >= 15 is 0 Å². The lowest BCUT2D eigenvalue weighted by atomic mass is 9.97. The van der Waals surface area contributed by atoms with E-state index in [0.29, 0.717) is 31.0 Å². The van der Waals surface area contributed by atoms with E-state index in [4.69, 9.17) is 16.7 Å². The zero-order valence-corrected chi connectivity index (χ0v) is 15.6. The first-order valence-corrected chi connectivity index (χ1v) is 9.36. The number of hydrogen-bond acceptors (Lipinski definition) is 4. The summed E-state index contributed by atoms with van der Waals surface area (Å²) in [6.07, 6.45) is 0.919. The van der Waals surface area contributed by atoms with Gasteiger partial charge in [-0.2, -0.15) is 0 Å². The summed E-state index contributed by atoms with van der Waals surface area (Å²) in [4.78, 5) is 39.3. The molecule has 2 amide bonds. The van der Waals surface area contributed by atoms with E-state index in [1.807, 2.05) is 18.2 Å². The third-order valence-electron chi connectivity index (χ3n) is 4.18. The number of hydrogen-bond donors (Lipinski definition) is 1. The Kier molecular flexibility index (Phi) is 7.13. The van der Waals surface area contributed by atoms with Crippen LogP contribution >= 0.6 is 23.4 Å². The first-order chi connectivity index (χ1) is 11.9. The normalized spacial score (nSPS) is 15.0. The molecule has 0 aliphatic carbocycles. The van der Waals surface area contributed by atoms with Crippen molar-refractivity contribution in [1.82, 2.24) is 9.80 Å². The lowest BCUT2D eigenvalue weighted by Gasteiger charge is -2.31. The highest BCUT2D eigenvalue weighted by atomic mass is 35.5. The number of likely N-dealkylation sites (tertiary alicyclic amines) is 1. The monoisotopic (exact) mass is 384 g/mol. The van der Waals surface area contributed by atoms with Gasteiger partial charge in [0.25, 0.3) is 0 Å². The van der Waals surface area contributed by atoms with Gasteiger partial charge in [-0.05, 0) is 25.0 Å². The van der Waals surface area contributed by atoms with Crippen LogP contribution in [-0.2, 0) is 14.4 Å². The third-order valence-corrected chi connectivity index (χ3v) is 5.68. The van der Waals surface area contributed by atoms with Gasteiger partial charge in [-0.1, -0.05) is 23.7 Å². The molecule has 2 rings (SSSR count). The molecule has 1 saturated heterocycles. The number of thioether (sulfide) groups is 1. The Bertz CT molecular complexity index is 647. The molecule has 1 fully saturated rings. The van der Waals surface area contributed by atoms with Crippen molar-refractivity contribution in [2.24, 2.45) is 5.92 Å². The number of aliphatic carboxylic acids is 1. The summed E-state index contributed by atoms with van der Waals surface area (Å²) in [5, 5.41) is 9.58. The molecule has 0 radical (unpaired) electrons. The summed E-state index contributed by atoms with van der Waals surface area (Å²) in [5.41, 5.74) is 0. The Morgan fingerprint density at radius 2 is 1.92 bits per heavy atom. The molecule has 6 nitrogen and oxygen atoms in total. The van der Waals surface area contributed by atoms with Crippen LogP contribution in [0, 0.1) is 5.92 Å². The van der Waals surface area contributed by atoms with Crippen LogP contribution in [0.2, 0.25) is 5.02 Å². The zero-order valence-electron chi connectivity index (χ0n) is 14.0. The number of carboxylic acid groups (broad SMARTS) is 1. The fraction of sp³-hybridized carbons (Fsp3) is 0.471. The maximum absolute atomic E-state index is 12.3. The molecule has 0 atom stereocenters. The third kappa shape index (κ3) is 5.64. The van der Waals surface area contributed by atoms with Crippen molar-refractivity contribution in [2.45, 2.75) is 17.7 Å². The molecular weight excluding hydrogens is 364 g/mol. The molecule has 136 valence electrons. The van der Waals surface area contributed by atoms with Gasteiger partial charge in [0.15, 0.2) is 0 Å². The summed E-state index contributed by atoms with van der Waals surface area (Å²) in [5.74, 6) is -1.29. The van der Waals surface area contributed by atoms with Gasteiger partial charge in [-0.3, -0.25) is 14.4 Å². The van der Waals surface area contributed by atoms with Crippen molar-refractivity contribution in [3.63, 3.8) is 0 Å².